The third-order valence-corrected chi connectivity index (χ3v) is 8.50. The number of H-pyrrole nitrogens is 1. The van der Waals surface area contributed by atoms with Gasteiger partial charge in [-0.2, -0.15) is 0 Å². The van der Waals surface area contributed by atoms with Crippen LogP contribution in [-0.4, -0.2) is 65.6 Å². The molecule has 12 heteroatoms. The molecule has 1 aliphatic rings. The maximum Gasteiger partial charge on any atom is 0.407 e. The Kier molecular flexibility index (Phi) is 12.0. The smallest absolute Gasteiger partial charge is 0.407 e. The molecule has 0 radical (unpaired) electrons. The number of anilines is 2. The number of aromatic nitrogens is 1. The molecule has 0 saturated heterocycles. The van der Waals surface area contributed by atoms with Crippen molar-refractivity contribution in [2.75, 3.05) is 23.8 Å². The van der Waals surface area contributed by atoms with E-state index in [2.05, 4.69) is 20.9 Å². The lowest BCUT2D eigenvalue weighted by Crippen LogP contribution is -2.48. The molecule has 2 aromatic carbocycles. The lowest BCUT2D eigenvalue weighted by Gasteiger charge is -2.29. The average Bonchev–Trinajstić information content (AvgIpc) is 3.46. The summed E-state index contributed by atoms with van der Waals surface area (Å²) in [6, 6.07) is 13.3. The molecule has 0 spiro atoms. The van der Waals surface area contributed by atoms with Crippen molar-refractivity contribution in [2.45, 2.75) is 97.8 Å². The highest BCUT2D eigenvalue weighted by Crippen LogP contribution is 2.29. The number of alkyl carbamates (subject to hydrolysis) is 1. The quantitative estimate of drug-likeness (QED) is 0.187. The van der Waals surface area contributed by atoms with E-state index in [-0.39, 0.29) is 30.1 Å². The average molecular weight is 690 g/mol. The van der Waals surface area contributed by atoms with E-state index < -0.39 is 35.2 Å². The van der Waals surface area contributed by atoms with Crippen molar-refractivity contribution in [3.8, 4) is 0 Å². The fourth-order valence-electron chi connectivity index (χ4n) is 5.86. The molecule has 1 aliphatic carbocycles. The van der Waals surface area contributed by atoms with Crippen LogP contribution in [0.4, 0.5) is 16.2 Å². The fourth-order valence-corrected chi connectivity index (χ4v) is 5.86. The van der Waals surface area contributed by atoms with Crippen molar-refractivity contribution in [2.24, 2.45) is 11.8 Å². The number of carbonyl (C=O) groups excluding carboxylic acids is 5. The second kappa shape index (κ2) is 15.8. The number of benzene rings is 2. The summed E-state index contributed by atoms with van der Waals surface area (Å²) in [7, 11) is 1.68. The summed E-state index contributed by atoms with van der Waals surface area (Å²) in [5.41, 5.74) is 1.74. The number of nitrogens with zero attached hydrogens (tertiary/aromatic N) is 1. The van der Waals surface area contributed by atoms with Crippen LogP contribution < -0.4 is 20.9 Å². The van der Waals surface area contributed by atoms with Crippen LogP contribution >= 0.6 is 0 Å². The molecule has 1 atom stereocenters. The van der Waals surface area contributed by atoms with Crippen molar-refractivity contribution in [1.82, 2.24) is 15.6 Å². The van der Waals surface area contributed by atoms with Gasteiger partial charge >= 0.3 is 12.1 Å². The van der Waals surface area contributed by atoms with Gasteiger partial charge in [-0.25, -0.2) is 9.59 Å². The number of carbonyl (C=O) groups is 5. The number of rotatable bonds is 10. The molecule has 0 bridgehead atoms. The van der Waals surface area contributed by atoms with Gasteiger partial charge in [0.25, 0.3) is 0 Å². The Morgan fingerprint density at radius 1 is 0.900 bits per heavy atom. The molecule has 1 aromatic heterocycles. The highest BCUT2D eigenvalue weighted by Gasteiger charge is 2.30. The molecule has 1 saturated carbocycles. The van der Waals surface area contributed by atoms with Gasteiger partial charge in [-0.3, -0.25) is 14.4 Å². The van der Waals surface area contributed by atoms with E-state index in [1.54, 1.807) is 52.1 Å². The number of nitrogens with one attached hydrogen (secondary N) is 4. The first kappa shape index (κ1) is 37.9. The molecule has 4 rings (SSSR count). The van der Waals surface area contributed by atoms with Crippen LogP contribution in [0.25, 0.3) is 10.9 Å². The molecular formula is C38H51N5O7. The predicted octanol–water partition coefficient (Wildman–Crippen LogP) is 6.10. The third kappa shape index (κ3) is 11.1. The van der Waals surface area contributed by atoms with Crippen molar-refractivity contribution >= 4 is 52.1 Å². The molecule has 270 valence electrons. The van der Waals surface area contributed by atoms with Gasteiger partial charge in [-0.05, 0) is 115 Å². The summed E-state index contributed by atoms with van der Waals surface area (Å²) in [6.07, 6.45) is 2.51. The standard InChI is InChI=1S/C38H51N5O7/c1-23(44)43(8)29-11-9-10-25(18-29)19-31(42-33(45)26-14-12-24(13-15-26)22-39-36(48)50-38(5,6)7)34(46)40-28-16-17-30-27(20-28)21-32(41-30)35(47)49-37(2,3)4/h9-11,16-18,20-21,24,26,31,41H,12-15,19,22H2,1-8H3,(H,39,48)(H,40,46)(H,42,45)/t24?,26?,31-/m0/s1. The van der Waals surface area contributed by atoms with Crippen LogP contribution in [0.1, 0.15) is 90.2 Å². The molecule has 50 heavy (non-hydrogen) atoms. The largest absolute Gasteiger partial charge is 0.455 e. The molecule has 3 aromatic rings. The second-order valence-corrected chi connectivity index (χ2v) is 15.1. The molecule has 0 unspecified atom stereocenters. The highest BCUT2D eigenvalue weighted by atomic mass is 16.6. The van der Waals surface area contributed by atoms with Gasteiger partial charge in [0.1, 0.15) is 22.9 Å². The van der Waals surface area contributed by atoms with Gasteiger partial charge < -0.3 is 35.3 Å². The van der Waals surface area contributed by atoms with E-state index in [1.807, 2.05) is 45.0 Å². The van der Waals surface area contributed by atoms with Crippen molar-refractivity contribution in [1.29, 1.82) is 0 Å². The number of fused-ring (bicyclic) bond motifs is 1. The number of aromatic amines is 1. The van der Waals surface area contributed by atoms with Crippen molar-refractivity contribution in [3.05, 3.63) is 59.8 Å². The van der Waals surface area contributed by atoms with Gasteiger partial charge in [0.2, 0.25) is 17.7 Å². The lowest BCUT2D eigenvalue weighted by atomic mass is 9.81. The minimum Gasteiger partial charge on any atom is -0.455 e. The number of ether oxygens (including phenoxy) is 2. The van der Waals surface area contributed by atoms with Crippen LogP contribution in [0.15, 0.2) is 48.5 Å². The zero-order valence-electron chi connectivity index (χ0n) is 30.4. The van der Waals surface area contributed by atoms with Crippen LogP contribution in [-0.2, 0) is 30.3 Å². The Hall–Kier alpha value is -4.87. The highest BCUT2D eigenvalue weighted by molar-refractivity contribution is 6.00. The summed E-state index contributed by atoms with van der Waals surface area (Å²) in [4.78, 5) is 68.7. The van der Waals surface area contributed by atoms with E-state index in [9.17, 15) is 24.0 Å². The summed E-state index contributed by atoms with van der Waals surface area (Å²) >= 11 is 0. The number of esters is 1. The van der Waals surface area contributed by atoms with Gasteiger partial charge in [-0.15, -0.1) is 0 Å². The maximum absolute atomic E-state index is 13.8. The topological polar surface area (TPSA) is 159 Å². The number of amides is 4. The SMILES string of the molecule is CC(=O)N(C)c1cccc(C[C@H](NC(=O)C2CCC(CNC(=O)OC(C)(C)C)CC2)C(=O)Nc2ccc3[nH]c(C(=O)OC(C)(C)C)cc3c2)c1. The monoisotopic (exact) mass is 689 g/mol. The van der Waals surface area contributed by atoms with Gasteiger partial charge in [-0.1, -0.05) is 12.1 Å². The summed E-state index contributed by atoms with van der Waals surface area (Å²) in [5.74, 6) is -1.26. The first-order valence-corrected chi connectivity index (χ1v) is 17.1. The molecule has 4 N–H and O–H groups in total. The first-order chi connectivity index (χ1) is 23.4. The van der Waals surface area contributed by atoms with Gasteiger partial charge in [0.15, 0.2) is 0 Å². The number of hydrogen-bond acceptors (Lipinski definition) is 7. The van der Waals surface area contributed by atoms with E-state index in [0.717, 1.165) is 18.4 Å². The van der Waals surface area contributed by atoms with E-state index >= 15 is 0 Å². The summed E-state index contributed by atoms with van der Waals surface area (Å²) in [6.45, 7) is 12.8. The Labute approximate surface area is 294 Å². The molecule has 0 aliphatic heterocycles. The number of hydrogen-bond donors (Lipinski definition) is 4. The van der Waals surface area contributed by atoms with Gasteiger partial charge in [0, 0.05) is 55.1 Å². The zero-order valence-corrected chi connectivity index (χ0v) is 30.4. The Balaban J connectivity index is 1.46. The van der Waals surface area contributed by atoms with Crippen LogP contribution in [0, 0.1) is 11.8 Å². The molecule has 1 fully saturated rings. The Morgan fingerprint density at radius 2 is 1.58 bits per heavy atom. The normalized spacial score (nSPS) is 17.0. The third-order valence-electron chi connectivity index (χ3n) is 8.50. The summed E-state index contributed by atoms with van der Waals surface area (Å²) < 4.78 is 10.8. The Morgan fingerprint density at radius 3 is 2.22 bits per heavy atom. The van der Waals surface area contributed by atoms with Gasteiger partial charge in [0.05, 0.1) is 0 Å². The second-order valence-electron chi connectivity index (χ2n) is 15.1. The minimum atomic E-state index is -0.911. The molecular weight excluding hydrogens is 638 g/mol. The van der Waals surface area contributed by atoms with E-state index in [1.165, 1.54) is 11.8 Å². The predicted molar refractivity (Wildman–Crippen MR) is 193 cm³/mol. The van der Waals surface area contributed by atoms with Crippen LogP contribution in [0.5, 0.6) is 0 Å². The molecule has 12 nitrogen and oxygen atoms in total. The molecule has 4 amide bonds. The fraction of sp³-hybridized carbons (Fsp3) is 0.500. The maximum atomic E-state index is 13.8. The minimum absolute atomic E-state index is 0.128. The zero-order chi connectivity index (χ0) is 36.8. The Bertz CT molecular complexity index is 1710. The van der Waals surface area contributed by atoms with Crippen LogP contribution in [0.2, 0.25) is 0 Å². The van der Waals surface area contributed by atoms with Crippen molar-refractivity contribution < 1.29 is 33.4 Å². The van der Waals surface area contributed by atoms with Crippen molar-refractivity contribution in [3.63, 3.8) is 0 Å². The first-order valence-electron chi connectivity index (χ1n) is 17.1. The van der Waals surface area contributed by atoms with E-state index in [0.29, 0.717) is 47.4 Å². The summed E-state index contributed by atoms with van der Waals surface area (Å²) in [5, 5.41) is 9.49. The van der Waals surface area contributed by atoms with Crippen LogP contribution in [0.3, 0.4) is 0 Å². The molecule has 1 heterocycles. The lowest BCUT2D eigenvalue weighted by molar-refractivity contribution is -0.130. The van der Waals surface area contributed by atoms with E-state index in [4.69, 9.17) is 9.47 Å².